The Hall–Kier alpha value is -3.11. The van der Waals surface area contributed by atoms with Gasteiger partial charge >= 0.3 is 0 Å². The highest BCUT2D eigenvalue weighted by molar-refractivity contribution is 5.70. The van der Waals surface area contributed by atoms with E-state index in [1.807, 2.05) is 24.3 Å². The molecule has 1 saturated carbocycles. The Kier molecular flexibility index (Phi) is 8.94. The van der Waals surface area contributed by atoms with Gasteiger partial charge in [0.15, 0.2) is 0 Å². The highest BCUT2D eigenvalue weighted by atomic mass is 19.1. The van der Waals surface area contributed by atoms with Crippen LogP contribution in [0.3, 0.4) is 0 Å². The Morgan fingerprint density at radius 1 is 1.00 bits per heavy atom. The molecule has 0 heterocycles. The van der Waals surface area contributed by atoms with Crippen molar-refractivity contribution in [2.24, 2.45) is 11.3 Å². The third-order valence-corrected chi connectivity index (χ3v) is 7.84. The first-order valence-corrected chi connectivity index (χ1v) is 13.7. The van der Waals surface area contributed by atoms with Crippen molar-refractivity contribution in [3.63, 3.8) is 0 Å². The molecule has 0 spiro atoms. The van der Waals surface area contributed by atoms with Gasteiger partial charge in [-0.05, 0) is 83.3 Å². The molecule has 1 aliphatic carbocycles. The smallest absolute Gasteiger partial charge is 0.131 e. The third-order valence-electron chi connectivity index (χ3n) is 7.84. The van der Waals surface area contributed by atoms with Gasteiger partial charge in [-0.15, -0.1) is 6.58 Å². The number of ether oxygens (including phenoxy) is 3. The zero-order valence-corrected chi connectivity index (χ0v) is 23.4. The van der Waals surface area contributed by atoms with Crippen LogP contribution in [0.5, 0.6) is 11.5 Å². The van der Waals surface area contributed by atoms with Crippen LogP contribution in [0, 0.1) is 17.2 Å². The zero-order chi connectivity index (χ0) is 27.3. The van der Waals surface area contributed by atoms with E-state index in [0.717, 1.165) is 34.8 Å². The number of methoxy groups -OCH3 is 2. The number of hydrogen-bond acceptors (Lipinski definition) is 3. The summed E-state index contributed by atoms with van der Waals surface area (Å²) >= 11 is 0. The van der Waals surface area contributed by atoms with E-state index in [2.05, 4.69) is 51.6 Å². The normalized spacial score (nSPS) is 15.1. The van der Waals surface area contributed by atoms with E-state index in [1.54, 1.807) is 26.4 Å². The summed E-state index contributed by atoms with van der Waals surface area (Å²) < 4.78 is 32.7. The van der Waals surface area contributed by atoms with Crippen LogP contribution in [-0.4, -0.2) is 14.2 Å². The number of halogens is 1. The predicted molar refractivity (Wildman–Crippen MR) is 153 cm³/mol. The maximum atomic E-state index is 15.1. The average Bonchev–Trinajstić information content (AvgIpc) is 3.76. The van der Waals surface area contributed by atoms with Crippen molar-refractivity contribution in [2.75, 3.05) is 14.2 Å². The van der Waals surface area contributed by atoms with Gasteiger partial charge in [-0.1, -0.05) is 64.0 Å². The molecule has 0 radical (unpaired) electrons. The van der Waals surface area contributed by atoms with E-state index in [0.29, 0.717) is 23.8 Å². The standard InChI is InChI=1S/C34H41FO3/c1-7-25(18-23-12-13-23)26-10-9-11-28(20-26)38-22-24-14-16-29(30-21-27(36-5)15-17-32(30)35)31(19-24)33(37-6)34(3,4)8-2/h8-11,14-17,19-21,23,25,33H,2,7,12-13,18,22H2,1,3-6H3/t25-,33+/m0/s1. The van der Waals surface area contributed by atoms with Gasteiger partial charge < -0.3 is 14.2 Å². The molecule has 0 N–H and O–H groups in total. The zero-order valence-electron chi connectivity index (χ0n) is 23.4. The molecule has 202 valence electrons. The quantitative estimate of drug-likeness (QED) is 0.212. The van der Waals surface area contributed by atoms with Crippen LogP contribution < -0.4 is 9.47 Å². The number of benzene rings is 3. The molecular formula is C34H41FO3. The summed E-state index contributed by atoms with van der Waals surface area (Å²) in [6.07, 6.45) is 6.70. The lowest BCUT2D eigenvalue weighted by molar-refractivity contribution is 0.0306. The van der Waals surface area contributed by atoms with Crippen molar-refractivity contribution < 1.29 is 18.6 Å². The van der Waals surface area contributed by atoms with Gasteiger partial charge in [0.25, 0.3) is 0 Å². The fourth-order valence-corrected chi connectivity index (χ4v) is 5.26. The molecular weight excluding hydrogens is 475 g/mol. The maximum absolute atomic E-state index is 15.1. The molecule has 3 aromatic carbocycles. The highest BCUT2D eigenvalue weighted by Gasteiger charge is 2.31. The first kappa shape index (κ1) is 27.9. The molecule has 0 amide bonds. The molecule has 0 unspecified atom stereocenters. The summed E-state index contributed by atoms with van der Waals surface area (Å²) in [5.41, 5.74) is 4.08. The molecule has 0 bridgehead atoms. The second kappa shape index (κ2) is 12.2. The van der Waals surface area contributed by atoms with Gasteiger partial charge in [-0.2, -0.15) is 0 Å². The predicted octanol–water partition coefficient (Wildman–Crippen LogP) is 9.27. The van der Waals surface area contributed by atoms with Crippen LogP contribution in [0.15, 0.2) is 73.3 Å². The molecule has 0 aliphatic heterocycles. The Morgan fingerprint density at radius 3 is 2.45 bits per heavy atom. The van der Waals surface area contributed by atoms with Crippen LogP contribution >= 0.6 is 0 Å². The summed E-state index contributed by atoms with van der Waals surface area (Å²) in [5, 5.41) is 0. The summed E-state index contributed by atoms with van der Waals surface area (Å²) in [6, 6.07) is 19.3. The molecule has 1 fully saturated rings. The first-order chi connectivity index (χ1) is 18.3. The molecule has 0 aromatic heterocycles. The minimum atomic E-state index is -0.386. The second-order valence-electron chi connectivity index (χ2n) is 11.1. The van der Waals surface area contributed by atoms with E-state index in [9.17, 15) is 0 Å². The van der Waals surface area contributed by atoms with E-state index in [4.69, 9.17) is 14.2 Å². The van der Waals surface area contributed by atoms with Gasteiger partial charge in [-0.25, -0.2) is 4.39 Å². The average molecular weight is 517 g/mol. The lowest BCUT2D eigenvalue weighted by Gasteiger charge is -2.32. The van der Waals surface area contributed by atoms with E-state index >= 15 is 4.39 Å². The molecule has 0 saturated heterocycles. The van der Waals surface area contributed by atoms with Crippen molar-refractivity contribution in [3.8, 4) is 22.6 Å². The van der Waals surface area contributed by atoms with Crippen LogP contribution in [0.2, 0.25) is 0 Å². The summed E-state index contributed by atoms with van der Waals surface area (Å²) in [7, 11) is 3.27. The molecule has 4 heteroatoms. The third kappa shape index (κ3) is 6.47. The van der Waals surface area contributed by atoms with Crippen molar-refractivity contribution >= 4 is 0 Å². The van der Waals surface area contributed by atoms with E-state index in [1.165, 1.54) is 30.9 Å². The minimum absolute atomic E-state index is 0.309. The Morgan fingerprint density at radius 2 is 1.79 bits per heavy atom. The van der Waals surface area contributed by atoms with Crippen molar-refractivity contribution in [1.29, 1.82) is 0 Å². The summed E-state index contributed by atoms with van der Waals surface area (Å²) in [6.45, 7) is 10.8. The van der Waals surface area contributed by atoms with Gasteiger partial charge in [0.2, 0.25) is 0 Å². The van der Waals surface area contributed by atoms with Gasteiger partial charge in [0.05, 0.1) is 13.2 Å². The molecule has 1 aliphatic rings. The second-order valence-corrected chi connectivity index (χ2v) is 11.1. The fraction of sp³-hybridized carbons (Fsp3) is 0.412. The molecule has 4 rings (SSSR count). The monoisotopic (exact) mass is 516 g/mol. The summed E-state index contributed by atoms with van der Waals surface area (Å²) in [5.74, 6) is 2.64. The first-order valence-electron chi connectivity index (χ1n) is 13.7. The molecule has 2 atom stereocenters. The van der Waals surface area contributed by atoms with Crippen molar-refractivity contribution in [3.05, 3.63) is 95.8 Å². The van der Waals surface area contributed by atoms with Gasteiger partial charge in [0, 0.05) is 18.1 Å². The molecule has 3 aromatic rings. The Balaban J connectivity index is 1.65. The van der Waals surface area contributed by atoms with E-state index in [-0.39, 0.29) is 17.3 Å². The Labute approximate surface area is 227 Å². The lowest BCUT2D eigenvalue weighted by atomic mass is 9.79. The topological polar surface area (TPSA) is 27.7 Å². The van der Waals surface area contributed by atoms with E-state index < -0.39 is 0 Å². The maximum Gasteiger partial charge on any atom is 0.131 e. The molecule has 3 nitrogen and oxygen atoms in total. The Bertz CT molecular complexity index is 1240. The van der Waals surface area contributed by atoms with Crippen LogP contribution in [0.4, 0.5) is 4.39 Å². The van der Waals surface area contributed by atoms with Crippen LogP contribution in [-0.2, 0) is 11.3 Å². The van der Waals surface area contributed by atoms with Crippen LogP contribution in [0.25, 0.3) is 11.1 Å². The van der Waals surface area contributed by atoms with Gasteiger partial charge in [0.1, 0.15) is 23.9 Å². The summed E-state index contributed by atoms with van der Waals surface area (Å²) in [4.78, 5) is 0. The number of hydrogen-bond donors (Lipinski definition) is 0. The fourth-order valence-electron chi connectivity index (χ4n) is 5.26. The highest BCUT2D eigenvalue weighted by Crippen LogP contribution is 2.43. The van der Waals surface area contributed by atoms with Crippen LogP contribution in [0.1, 0.15) is 75.2 Å². The largest absolute Gasteiger partial charge is 0.497 e. The van der Waals surface area contributed by atoms with Crippen molar-refractivity contribution in [1.82, 2.24) is 0 Å². The lowest BCUT2D eigenvalue weighted by Crippen LogP contribution is -2.22. The SMILES string of the molecule is C=CC(C)(C)[C@H](OC)c1cc(COc2cccc([C@@H](CC)CC3CC3)c2)ccc1-c1cc(OC)ccc1F. The number of rotatable bonds is 13. The van der Waals surface area contributed by atoms with Gasteiger partial charge in [-0.3, -0.25) is 0 Å². The van der Waals surface area contributed by atoms with Crippen molar-refractivity contribution in [2.45, 2.75) is 65.1 Å². The minimum Gasteiger partial charge on any atom is -0.497 e. The molecule has 38 heavy (non-hydrogen) atoms.